The van der Waals surface area contributed by atoms with Gasteiger partial charge in [-0.1, -0.05) is 0 Å². The standard InChI is InChI=1S/C17H27N5O2/c1-11-8-14(17(23)24-11)22-7-6-13(9-22)20(2)10-15-18-19-16(21(15)3)12-4-5-12/h11-14H,4-10H2,1-3H3/t11-,13-,14-/m1/s1. The molecule has 1 aliphatic carbocycles. The summed E-state index contributed by atoms with van der Waals surface area (Å²) in [6, 6.07) is 0.407. The molecular weight excluding hydrogens is 306 g/mol. The Bertz CT molecular complexity index is 626. The molecule has 0 amide bonds. The summed E-state index contributed by atoms with van der Waals surface area (Å²) in [6.07, 6.45) is 4.45. The van der Waals surface area contributed by atoms with Gasteiger partial charge in [0.1, 0.15) is 23.8 Å². The molecule has 0 aromatic carbocycles. The Hall–Kier alpha value is -1.47. The highest BCUT2D eigenvalue weighted by Crippen LogP contribution is 2.38. The van der Waals surface area contributed by atoms with Crippen molar-refractivity contribution in [3.05, 3.63) is 11.6 Å². The number of carbonyl (C=O) groups is 1. The molecule has 3 aliphatic rings. The topological polar surface area (TPSA) is 63.5 Å². The van der Waals surface area contributed by atoms with E-state index >= 15 is 0 Å². The van der Waals surface area contributed by atoms with Crippen molar-refractivity contribution < 1.29 is 9.53 Å². The lowest BCUT2D eigenvalue weighted by molar-refractivity contribution is -0.144. The van der Waals surface area contributed by atoms with Gasteiger partial charge in [-0.2, -0.15) is 0 Å². The molecule has 1 aromatic rings. The molecule has 1 aromatic heterocycles. The van der Waals surface area contributed by atoms with Gasteiger partial charge in [0.15, 0.2) is 0 Å². The molecule has 7 nitrogen and oxygen atoms in total. The number of likely N-dealkylation sites (tertiary alicyclic amines) is 1. The van der Waals surface area contributed by atoms with Gasteiger partial charge in [-0.15, -0.1) is 10.2 Å². The molecule has 4 rings (SSSR count). The third-order valence-electron chi connectivity index (χ3n) is 5.74. The molecule has 3 atom stereocenters. The number of carbonyl (C=O) groups excluding carboxylic acids is 1. The zero-order chi connectivity index (χ0) is 16.8. The molecule has 0 spiro atoms. The Morgan fingerprint density at radius 1 is 1.29 bits per heavy atom. The molecule has 2 saturated heterocycles. The molecule has 1 saturated carbocycles. The van der Waals surface area contributed by atoms with Crippen LogP contribution in [0.4, 0.5) is 0 Å². The van der Waals surface area contributed by atoms with Crippen molar-refractivity contribution in [2.75, 3.05) is 20.1 Å². The summed E-state index contributed by atoms with van der Waals surface area (Å²) in [4.78, 5) is 16.6. The van der Waals surface area contributed by atoms with E-state index in [1.807, 2.05) is 6.92 Å². The summed E-state index contributed by atoms with van der Waals surface area (Å²) in [5.41, 5.74) is 0. The lowest BCUT2D eigenvalue weighted by Gasteiger charge is -2.25. The third-order valence-corrected chi connectivity index (χ3v) is 5.74. The second-order valence-electron chi connectivity index (χ2n) is 7.66. The molecule has 7 heteroatoms. The van der Waals surface area contributed by atoms with Crippen LogP contribution in [0.2, 0.25) is 0 Å². The van der Waals surface area contributed by atoms with Crippen LogP contribution in [-0.4, -0.2) is 68.9 Å². The van der Waals surface area contributed by atoms with Crippen LogP contribution in [0.25, 0.3) is 0 Å². The van der Waals surface area contributed by atoms with Gasteiger partial charge >= 0.3 is 5.97 Å². The number of esters is 1. The lowest BCUT2D eigenvalue weighted by atomic mass is 10.1. The third kappa shape index (κ3) is 2.95. The molecule has 3 heterocycles. The second-order valence-corrected chi connectivity index (χ2v) is 7.66. The highest BCUT2D eigenvalue weighted by molar-refractivity contribution is 5.78. The van der Waals surface area contributed by atoms with Crippen LogP contribution in [0.1, 0.15) is 50.2 Å². The number of aromatic nitrogens is 3. The first-order chi connectivity index (χ1) is 11.5. The van der Waals surface area contributed by atoms with E-state index in [9.17, 15) is 4.79 Å². The minimum atomic E-state index is -0.0480. The van der Waals surface area contributed by atoms with Crippen LogP contribution in [-0.2, 0) is 23.1 Å². The Labute approximate surface area is 143 Å². The van der Waals surface area contributed by atoms with E-state index in [1.165, 1.54) is 12.8 Å². The van der Waals surface area contributed by atoms with Crippen molar-refractivity contribution in [1.82, 2.24) is 24.6 Å². The number of rotatable bonds is 5. The first-order valence-electron chi connectivity index (χ1n) is 9.06. The number of likely N-dealkylation sites (N-methyl/N-ethyl adjacent to an activating group) is 1. The summed E-state index contributed by atoms with van der Waals surface area (Å²) in [5.74, 6) is 2.74. The fraction of sp³-hybridized carbons (Fsp3) is 0.824. The summed E-state index contributed by atoms with van der Waals surface area (Å²) >= 11 is 0. The number of hydrogen-bond acceptors (Lipinski definition) is 6. The van der Waals surface area contributed by atoms with Gasteiger partial charge in [0, 0.05) is 38.5 Å². The van der Waals surface area contributed by atoms with Crippen LogP contribution in [0.5, 0.6) is 0 Å². The summed E-state index contributed by atoms with van der Waals surface area (Å²) < 4.78 is 7.47. The molecule has 2 aliphatic heterocycles. The number of ether oxygens (including phenoxy) is 1. The first kappa shape index (κ1) is 16.0. The lowest BCUT2D eigenvalue weighted by Crippen LogP contribution is -2.40. The van der Waals surface area contributed by atoms with Crippen LogP contribution >= 0.6 is 0 Å². The molecule has 0 bridgehead atoms. The molecule has 132 valence electrons. The Kier molecular flexibility index (Phi) is 4.08. The molecule has 0 unspecified atom stereocenters. The van der Waals surface area contributed by atoms with E-state index < -0.39 is 0 Å². The zero-order valence-corrected chi connectivity index (χ0v) is 14.8. The molecule has 0 radical (unpaired) electrons. The largest absolute Gasteiger partial charge is 0.461 e. The maximum absolute atomic E-state index is 12.0. The van der Waals surface area contributed by atoms with E-state index in [1.54, 1.807) is 0 Å². The van der Waals surface area contributed by atoms with Gasteiger partial charge in [0.05, 0.1) is 6.54 Å². The quantitative estimate of drug-likeness (QED) is 0.746. The second kappa shape index (κ2) is 6.11. The summed E-state index contributed by atoms with van der Waals surface area (Å²) in [6.45, 7) is 4.67. The van der Waals surface area contributed by atoms with Crippen LogP contribution in [0, 0.1) is 0 Å². The predicted molar refractivity (Wildman–Crippen MR) is 88.4 cm³/mol. The van der Waals surface area contributed by atoms with Crippen molar-refractivity contribution in [3.63, 3.8) is 0 Å². The van der Waals surface area contributed by atoms with Gasteiger partial charge in [-0.3, -0.25) is 14.6 Å². The molecule has 24 heavy (non-hydrogen) atoms. The average Bonchev–Trinajstić information content (AvgIpc) is 2.99. The van der Waals surface area contributed by atoms with Gasteiger partial charge < -0.3 is 9.30 Å². The SMILES string of the molecule is C[C@@H]1C[C@@H](N2CC[C@@H](N(C)Cc3nnc(C4CC4)n3C)C2)C(=O)O1. The summed E-state index contributed by atoms with van der Waals surface area (Å²) in [7, 11) is 4.23. The van der Waals surface area contributed by atoms with Crippen molar-refractivity contribution >= 4 is 5.97 Å². The highest BCUT2D eigenvalue weighted by Gasteiger charge is 2.40. The number of cyclic esters (lactones) is 1. The molecule has 3 fully saturated rings. The fourth-order valence-electron chi connectivity index (χ4n) is 4.01. The van der Waals surface area contributed by atoms with Crippen molar-refractivity contribution in [2.24, 2.45) is 7.05 Å². The zero-order valence-electron chi connectivity index (χ0n) is 14.8. The van der Waals surface area contributed by atoms with E-state index in [0.29, 0.717) is 12.0 Å². The maximum atomic E-state index is 12.0. The number of nitrogens with zero attached hydrogens (tertiary/aromatic N) is 5. The van der Waals surface area contributed by atoms with Gasteiger partial charge in [0.2, 0.25) is 0 Å². The van der Waals surface area contributed by atoms with Crippen molar-refractivity contribution in [2.45, 2.75) is 63.3 Å². The number of hydrogen-bond donors (Lipinski definition) is 0. The summed E-state index contributed by atoms with van der Waals surface area (Å²) in [5, 5.41) is 8.76. The van der Waals surface area contributed by atoms with Gasteiger partial charge in [-0.25, -0.2) is 0 Å². The van der Waals surface area contributed by atoms with E-state index in [-0.39, 0.29) is 18.1 Å². The van der Waals surface area contributed by atoms with Crippen molar-refractivity contribution in [1.29, 1.82) is 0 Å². The minimum absolute atomic E-state index is 0.0466. The highest BCUT2D eigenvalue weighted by atomic mass is 16.6. The smallest absolute Gasteiger partial charge is 0.323 e. The Morgan fingerprint density at radius 3 is 2.75 bits per heavy atom. The van der Waals surface area contributed by atoms with E-state index in [2.05, 4.69) is 38.7 Å². The average molecular weight is 333 g/mol. The Balaban J connectivity index is 1.36. The minimum Gasteiger partial charge on any atom is -0.461 e. The van der Waals surface area contributed by atoms with Crippen LogP contribution in [0.3, 0.4) is 0 Å². The predicted octanol–water partition coefficient (Wildman–Crippen LogP) is 0.903. The molecule has 0 N–H and O–H groups in total. The van der Waals surface area contributed by atoms with E-state index in [4.69, 9.17) is 4.74 Å². The van der Waals surface area contributed by atoms with Crippen molar-refractivity contribution in [3.8, 4) is 0 Å². The van der Waals surface area contributed by atoms with Gasteiger partial charge in [0.25, 0.3) is 0 Å². The monoisotopic (exact) mass is 333 g/mol. The first-order valence-corrected chi connectivity index (χ1v) is 9.06. The van der Waals surface area contributed by atoms with Crippen LogP contribution in [0.15, 0.2) is 0 Å². The van der Waals surface area contributed by atoms with Crippen LogP contribution < -0.4 is 0 Å². The molecular formula is C17H27N5O2. The maximum Gasteiger partial charge on any atom is 0.323 e. The van der Waals surface area contributed by atoms with Gasteiger partial charge in [-0.05, 0) is 33.2 Å². The van der Waals surface area contributed by atoms with E-state index in [0.717, 1.165) is 44.1 Å². The normalized spacial score (nSPS) is 31.2. The Morgan fingerprint density at radius 2 is 2.08 bits per heavy atom. The fourth-order valence-corrected chi connectivity index (χ4v) is 4.01.